The van der Waals surface area contributed by atoms with E-state index in [1.807, 2.05) is 53.6 Å². The first-order valence-electron chi connectivity index (χ1n) is 10.4. The number of aromatic nitrogens is 1. The summed E-state index contributed by atoms with van der Waals surface area (Å²) in [5.41, 5.74) is 2.28. The van der Waals surface area contributed by atoms with E-state index < -0.39 is 0 Å². The Hall–Kier alpha value is -2.63. The largest absolute Gasteiger partial charge is 0.339 e. The van der Waals surface area contributed by atoms with E-state index in [1.54, 1.807) is 18.0 Å². The second kappa shape index (κ2) is 9.92. The molecule has 1 amide bonds. The molecule has 1 saturated heterocycles. The molecule has 0 radical (unpaired) electrons. The number of amides is 1. The van der Waals surface area contributed by atoms with Gasteiger partial charge in [-0.15, -0.1) is 11.8 Å². The maximum absolute atomic E-state index is 13.5. The zero-order chi connectivity index (χ0) is 20.8. The van der Waals surface area contributed by atoms with Crippen LogP contribution in [0.4, 0.5) is 0 Å². The molecule has 2 heterocycles. The minimum atomic E-state index is -0.226. The first-order valence-corrected chi connectivity index (χ1v) is 11.3. The van der Waals surface area contributed by atoms with Gasteiger partial charge in [-0.05, 0) is 36.2 Å². The topological polar surface area (TPSA) is 36.4 Å². The highest BCUT2D eigenvalue weighted by Gasteiger charge is 2.30. The highest BCUT2D eigenvalue weighted by atomic mass is 32.2. The van der Waals surface area contributed by atoms with Crippen molar-refractivity contribution in [3.8, 4) is 0 Å². The number of nitrogens with zero attached hydrogens (tertiary/aromatic N) is 3. The van der Waals surface area contributed by atoms with Crippen LogP contribution in [0, 0.1) is 0 Å². The quantitative estimate of drug-likeness (QED) is 0.539. The summed E-state index contributed by atoms with van der Waals surface area (Å²) in [7, 11) is 0. The second-order valence-electron chi connectivity index (χ2n) is 7.55. The van der Waals surface area contributed by atoms with Crippen LogP contribution >= 0.6 is 11.8 Å². The van der Waals surface area contributed by atoms with Crippen molar-refractivity contribution >= 4 is 17.7 Å². The lowest BCUT2D eigenvalue weighted by molar-refractivity contribution is -0.132. The third-order valence-electron chi connectivity index (χ3n) is 5.66. The minimum absolute atomic E-state index is 0.198. The molecular weight excluding hydrogens is 390 g/mol. The van der Waals surface area contributed by atoms with Crippen molar-refractivity contribution in [1.82, 2.24) is 14.8 Å². The Morgan fingerprint density at radius 3 is 2.13 bits per heavy atom. The Bertz CT molecular complexity index is 928. The molecule has 0 bridgehead atoms. The Labute approximate surface area is 182 Å². The number of hydrogen-bond acceptors (Lipinski definition) is 4. The van der Waals surface area contributed by atoms with Crippen molar-refractivity contribution in [2.75, 3.05) is 26.2 Å². The number of thioether (sulfide) groups is 1. The van der Waals surface area contributed by atoms with Gasteiger partial charge in [0.05, 0.1) is 0 Å². The number of pyridine rings is 1. The van der Waals surface area contributed by atoms with Crippen LogP contribution in [0.25, 0.3) is 0 Å². The normalized spacial score (nSPS) is 16.8. The van der Waals surface area contributed by atoms with Crippen LogP contribution < -0.4 is 0 Å². The van der Waals surface area contributed by atoms with E-state index in [9.17, 15) is 4.79 Å². The molecule has 3 aromatic rings. The van der Waals surface area contributed by atoms with Crippen molar-refractivity contribution in [3.63, 3.8) is 0 Å². The summed E-state index contributed by atoms with van der Waals surface area (Å²) in [6.07, 6.45) is 3.74. The van der Waals surface area contributed by atoms with Crippen LogP contribution in [0.15, 0.2) is 90.1 Å². The molecule has 4 rings (SSSR count). The predicted octanol–water partition coefficient (Wildman–Crippen LogP) is 4.82. The molecule has 0 aliphatic carbocycles. The number of rotatable bonds is 6. The highest BCUT2D eigenvalue weighted by molar-refractivity contribution is 8.00. The molecule has 1 aromatic heterocycles. The van der Waals surface area contributed by atoms with E-state index in [0.717, 1.165) is 36.6 Å². The van der Waals surface area contributed by atoms with Gasteiger partial charge in [-0.1, -0.05) is 54.6 Å². The molecule has 2 atom stereocenters. The molecule has 2 unspecified atom stereocenters. The van der Waals surface area contributed by atoms with Crippen molar-refractivity contribution in [3.05, 3.63) is 96.3 Å². The van der Waals surface area contributed by atoms with Crippen LogP contribution in [0.3, 0.4) is 0 Å². The zero-order valence-electron chi connectivity index (χ0n) is 17.2. The average Bonchev–Trinajstić information content (AvgIpc) is 2.83. The fraction of sp³-hybridized carbons (Fsp3) is 0.280. The van der Waals surface area contributed by atoms with Gasteiger partial charge < -0.3 is 4.90 Å². The molecule has 30 heavy (non-hydrogen) atoms. The van der Waals surface area contributed by atoms with Crippen molar-refractivity contribution in [2.45, 2.75) is 23.1 Å². The Kier molecular flexibility index (Phi) is 6.82. The fourth-order valence-electron chi connectivity index (χ4n) is 3.85. The van der Waals surface area contributed by atoms with Crippen LogP contribution in [0.2, 0.25) is 0 Å². The van der Waals surface area contributed by atoms with Gasteiger partial charge in [-0.25, -0.2) is 0 Å². The lowest BCUT2D eigenvalue weighted by atomic mass is 10.1. The molecular formula is C25H27N3OS. The van der Waals surface area contributed by atoms with Crippen LogP contribution in [0.1, 0.15) is 29.3 Å². The van der Waals surface area contributed by atoms with E-state index in [1.165, 1.54) is 5.56 Å². The SMILES string of the molecule is CC(c1cccnc1)N1CCN(C(=O)C(Sc2ccccc2)c2ccccc2)CC1. The summed E-state index contributed by atoms with van der Waals surface area (Å²) in [4.78, 5) is 23.3. The van der Waals surface area contributed by atoms with Crippen molar-refractivity contribution in [1.29, 1.82) is 0 Å². The van der Waals surface area contributed by atoms with E-state index in [4.69, 9.17) is 0 Å². The average molecular weight is 418 g/mol. The third kappa shape index (κ3) is 4.91. The summed E-state index contributed by atoms with van der Waals surface area (Å²) in [6.45, 7) is 5.47. The Balaban J connectivity index is 1.45. The van der Waals surface area contributed by atoms with Gasteiger partial charge in [0.1, 0.15) is 5.25 Å². The number of carbonyl (C=O) groups excluding carboxylic acids is 1. The lowest BCUT2D eigenvalue weighted by Crippen LogP contribution is -2.50. The van der Waals surface area contributed by atoms with E-state index in [0.29, 0.717) is 6.04 Å². The maximum Gasteiger partial charge on any atom is 0.240 e. The summed E-state index contributed by atoms with van der Waals surface area (Å²) in [6, 6.07) is 24.7. The van der Waals surface area contributed by atoms with Gasteiger partial charge in [0.15, 0.2) is 0 Å². The second-order valence-corrected chi connectivity index (χ2v) is 8.72. The highest BCUT2D eigenvalue weighted by Crippen LogP contribution is 2.37. The first kappa shape index (κ1) is 20.6. The van der Waals surface area contributed by atoms with Gasteiger partial charge >= 0.3 is 0 Å². The predicted molar refractivity (Wildman–Crippen MR) is 122 cm³/mol. The number of piperazine rings is 1. The Morgan fingerprint density at radius 2 is 1.50 bits per heavy atom. The number of benzene rings is 2. The molecule has 0 spiro atoms. The van der Waals surface area contributed by atoms with E-state index >= 15 is 0 Å². The molecule has 1 aliphatic heterocycles. The van der Waals surface area contributed by atoms with Gasteiger partial charge in [0.25, 0.3) is 0 Å². The third-order valence-corrected chi connectivity index (χ3v) is 6.92. The van der Waals surface area contributed by atoms with Crippen molar-refractivity contribution in [2.24, 2.45) is 0 Å². The maximum atomic E-state index is 13.5. The minimum Gasteiger partial charge on any atom is -0.339 e. The number of hydrogen-bond donors (Lipinski definition) is 0. The standard InChI is InChI=1S/C25H27N3OS/c1-20(22-11-8-14-26-19-22)27-15-17-28(18-16-27)25(29)24(21-9-4-2-5-10-21)30-23-12-6-3-7-13-23/h2-14,19-20,24H,15-18H2,1H3. The lowest BCUT2D eigenvalue weighted by Gasteiger charge is -2.39. The van der Waals surface area contributed by atoms with Crippen LogP contribution in [-0.2, 0) is 4.79 Å². The smallest absolute Gasteiger partial charge is 0.240 e. The van der Waals surface area contributed by atoms with E-state index in [-0.39, 0.29) is 11.2 Å². The van der Waals surface area contributed by atoms with Crippen molar-refractivity contribution < 1.29 is 4.79 Å². The molecule has 0 saturated carbocycles. The van der Waals surface area contributed by atoms with Gasteiger partial charge in [0, 0.05) is 49.5 Å². The summed E-state index contributed by atoms with van der Waals surface area (Å²) < 4.78 is 0. The molecule has 4 nitrogen and oxygen atoms in total. The molecule has 1 aliphatic rings. The van der Waals surface area contributed by atoms with Gasteiger partial charge in [-0.3, -0.25) is 14.7 Å². The van der Waals surface area contributed by atoms with Gasteiger partial charge in [-0.2, -0.15) is 0 Å². The molecule has 0 N–H and O–H groups in total. The molecule has 154 valence electrons. The summed E-state index contributed by atoms with van der Waals surface area (Å²) in [5, 5.41) is -0.226. The fourth-order valence-corrected chi connectivity index (χ4v) is 4.98. The number of carbonyl (C=O) groups is 1. The van der Waals surface area contributed by atoms with Crippen LogP contribution in [-0.4, -0.2) is 46.9 Å². The molecule has 5 heteroatoms. The van der Waals surface area contributed by atoms with E-state index in [2.05, 4.69) is 47.1 Å². The van der Waals surface area contributed by atoms with Crippen LogP contribution in [0.5, 0.6) is 0 Å². The first-order chi connectivity index (χ1) is 14.7. The Morgan fingerprint density at radius 1 is 0.867 bits per heavy atom. The summed E-state index contributed by atoms with van der Waals surface area (Å²) >= 11 is 1.63. The molecule has 1 fully saturated rings. The summed E-state index contributed by atoms with van der Waals surface area (Å²) in [5.74, 6) is 0.198. The zero-order valence-corrected chi connectivity index (χ0v) is 18.0. The van der Waals surface area contributed by atoms with Gasteiger partial charge in [0.2, 0.25) is 5.91 Å². The monoisotopic (exact) mass is 417 g/mol. The molecule has 2 aromatic carbocycles.